The second-order valence-electron chi connectivity index (χ2n) is 15.0. The molecular weight excluding hydrogens is 686 g/mol. The summed E-state index contributed by atoms with van der Waals surface area (Å²) in [5, 5.41) is 4.91. The molecule has 2 aliphatic carbocycles. The smallest absolute Gasteiger partial charge is 0.286 e. The second-order valence-corrected chi connectivity index (χ2v) is 17.4. The summed E-state index contributed by atoms with van der Waals surface area (Å²) in [6.45, 7) is 3.99. The van der Waals surface area contributed by atoms with E-state index in [-0.39, 0.29) is 29.6 Å². The molecule has 3 heterocycles. The minimum atomic E-state index is -3.46. The lowest BCUT2D eigenvalue weighted by atomic mass is 9.68. The van der Waals surface area contributed by atoms with Gasteiger partial charge in [-0.1, -0.05) is 36.7 Å². The quantitative estimate of drug-likeness (QED) is 0.300. The molecule has 272 valence electrons. The lowest BCUT2D eigenvalue weighted by Crippen LogP contribution is -2.49. The minimum Gasteiger partial charge on any atom is -0.490 e. The molecule has 10 nitrogen and oxygen atoms in total. The van der Waals surface area contributed by atoms with Crippen molar-refractivity contribution >= 4 is 39.0 Å². The van der Waals surface area contributed by atoms with Crippen molar-refractivity contribution in [2.75, 3.05) is 37.5 Å². The molecule has 1 spiro atoms. The van der Waals surface area contributed by atoms with E-state index in [0.717, 1.165) is 61.5 Å². The molecule has 3 aromatic rings. The van der Waals surface area contributed by atoms with Crippen LogP contribution in [-0.4, -0.2) is 64.5 Å². The zero-order valence-corrected chi connectivity index (χ0v) is 31.3. The Labute approximate surface area is 306 Å². The van der Waals surface area contributed by atoms with Crippen molar-refractivity contribution in [2.24, 2.45) is 29.2 Å². The molecule has 0 saturated heterocycles. The number of nitrogens with one attached hydrogen (secondary N) is 1. The second kappa shape index (κ2) is 14.8. The van der Waals surface area contributed by atoms with Crippen LogP contribution in [0, 0.1) is 17.8 Å². The summed E-state index contributed by atoms with van der Waals surface area (Å²) < 4.78 is 35.8. The Morgan fingerprint density at radius 2 is 2.08 bits per heavy atom. The van der Waals surface area contributed by atoms with E-state index in [1.807, 2.05) is 38.4 Å². The van der Waals surface area contributed by atoms with Gasteiger partial charge < -0.3 is 14.4 Å². The maximum atomic E-state index is 14.5. The lowest BCUT2D eigenvalue weighted by molar-refractivity contribution is -0.119. The number of methoxy groups -OCH3 is 1. The number of hydrogen-bond donors (Lipinski definition) is 1. The monoisotopic (exact) mass is 733 g/mol. The van der Waals surface area contributed by atoms with Gasteiger partial charge in [0.05, 0.1) is 30.3 Å². The van der Waals surface area contributed by atoms with Crippen LogP contribution >= 0.6 is 11.6 Å². The number of benzene rings is 2. The molecule has 2 aromatic carbocycles. The number of halogens is 1. The van der Waals surface area contributed by atoms with E-state index >= 15 is 0 Å². The first-order valence-corrected chi connectivity index (χ1v) is 20.2. The summed E-state index contributed by atoms with van der Waals surface area (Å²) >= 11 is 6.46. The molecule has 2 aliphatic heterocycles. The van der Waals surface area contributed by atoms with Gasteiger partial charge in [0.1, 0.15) is 15.7 Å². The van der Waals surface area contributed by atoms with Crippen molar-refractivity contribution in [1.82, 2.24) is 14.5 Å². The highest BCUT2D eigenvalue weighted by atomic mass is 35.5. The first-order valence-electron chi connectivity index (χ1n) is 18.1. The molecule has 2 bridgehead atoms. The van der Waals surface area contributed by atoms with Gasteiger partial charge in [-0.15, -0.1) is 4.36 Å². The third-order valence-electron chi connectivity index (χ3n) is 11.2. The summed E-state index contributed by atoms with van der Waals surface area (Å²) in [5.41, 5.74) is 4.33. The number of aromatic nitrogens is 2. The van der Waals surface area contributed by atoms with Crippen LogP contribution in [-0.2, 0) is 44.8 Å². The number of carbonyl (C=O) groups excluding carboxylic acids is 2. The maximum absolute atomic E-state index is 14.5. The fourth-order valence-electron chi connectivity index (χ4n) is 8.46. The minimum absolute atomic E-state index is 0.0392. The Bertz CT molecular complexity index is 1950. The Morgan fingerprint density at radius 1 is 1.22 bits per heavy atom. The van der Waals surface area contributed by atoms with Gasteiger partial charge in [-0.3, -0.25) is 19.0 Å². The number of fused-ring (bicyclic) bond motifs is 4. The standard InChI is InChI=1S/C39H48ClN5O5S/c1-26-6-4-8-35(49-3)32-13-10-30(32)22-45-24-39(17-5-7-28-18-31(40)12-14-33(28)39)25-50-36-15-11-29(19-34(36)45)38(47)43-51(48,23-26)42-37(46)16-9-27-20-41-44(2)21-27/h4,8,11-12,14-15,18-21,26,30,32,35H,5-7,9-10,13,16-17,22-25H2,1-3H3,(H,42,43,46,47,48)/b8-4-/t26-,30-,32+,35-,39-,51?/m0/s1. The molecule has 1 aromatic heterocycles. The van der Waals surface area contributed by atoms with Crippen LogP contribution in [0.15, 0.2) is 65.3 Å². The van der Waals surface area contributed by atoms with Crippen molar-refractivity contribution in [2.45, 2.75) is 69.8 Å². The largest absolute Gasteiger partial charge is 0.490 e. The van der Waals surface area contributed by atoms with Crippen LogP contribution in [0.25, 0.3) is 0 Å². The maximum Gasteiger partial charge on any atom is 0.286 e. The number of allylic oxidation sites excluding steroid dienone is 1. The van der Waals surface area contributed by atoms with Gasteiger partial charge in [-0.05, 0) is 110 Å². The van der Waals surface area contributed by atoms with E-state index in [2.05, 4.69) is 43.4 Å². The van der Waals surface area contributed by atoms with E-state index in [0.29, 0.717) is 42.6 Å². The van der Waals surface area contributed by atoms with Crippen molar-refractivity contribution in [3.05, 3.63) is 88.2 Å². The number of hydrogen-bond acceptors (Lipinski definition) is 7. The van der Waals surface area contributed by atoms with Crippen LogP contribution < -0.4 is 14.4 Å². The first-order chi connectivity index (χ1) is 24.5. The summed E-state index contributed by atoms with van der Waals surface area (Å²) in [7, 11) is 0.127. The zero-order chi connectivity index (χ0) is 35.8. The number of amides is 2. The molecule has 1 saturated carbocycles. The van der Waals surface area contributed by atoms with Gasteiger partial charge in [0.25, 0.3) is 5.91 Å². The summed E-state index contributed by atoms with van der Waals surface area (Å²) in [5.74, 6) is 0.327. The Morgan fingerprint density at radius 3 is 2.84 bits per heavy atom. The summed E-state index contributed by atoms with van der Waals surface area (Å²) in [6, 6.07) is 11.6. The van der Waals surface area contributed by atoms with Crippen LogP contribution in [0.4, 0.5) is 5.69 Å². The molecule has 7 rings (SSSR count). The Hall–Kier alpha value is -3.67. The molecule has 2 amide bonds. The van der Waals surface area contributed by atoms with E-state index in [1.54, 1.807) is 24.1 Å². The fourth-order valence-corrected chi connectivity index (χ4v) is 10.6. The topological polar surface area (TPSA) is 115 Å². The van der Waals surface area contributed by atoms with Crippen molar-refractivity contribution < 1.29 is 23.3 Å². The van der Waals surface area contributed by atoms with E-state index in [9.17, 15) is 13.8 Å². The number of ether oxygens (including phenoxy) is 2. The van der Waals surface area contributed by atoms with Crippen molar-refractivity contribution in [3.8, 4) is 5.75 Å². The van der Waals surface area contributed by atoms with Gasteiger partial charge in [0.2, 0.25) is 5.91 Å². The zero-order valence-electron chi connectivity index (χ0n) is 29.7. The molecule has 1 fully saturated rings. The molecule has 0 radical (unpaired) electrons. The number of aryl methyl sites for hydroxylation is 3. The van der Waals surface area contributed by atoms with Gasteiger partial charge in [0, 0.05) is 55.9 Å². The SMILES string of the molecule is CO[C@H]1/C=C\C[C@H](C)CS(=O)(NC(=O)CCc2cnn(C)c2)=NC(=O)c2ccc3c(c2)N(C[C@@H]2CC[C@H]21)C[C@@]1(CCCc2cc(Cl)ccc21)CO3. The average Bonchev–Trinajstić information content (AvgIpc) is 3.44. The van der Waals surface area contributed by atoms with E-state index in [1.165, 1.54) is 11.1 Å². The predicted octanol–water partition coefficient (Wildman–Crippen LogP) is 6.46. The third-order valence-corrected chi connectivity index (χ3v) is 13.5. The number of rotatable bonds is 5. The number of carbonyl (C=O) groups is 2. The molecule has 1 N–H and O–H groups in total. The normalized spacial score (nSPS) is 29.8. The summed E-state index contributed by atoms with van der Waals surface area (Å²) in [6.07, 6.45) is 14.0. The fraction of sp³-hybridized carbons (Fsp3) is 0.513. The number of anilines is 1. The van der Waals surface area contributed by atoms with Crippen LogP contribution in [0.2, 0.25) is 5.02 Å². The molecule has 1 unspecified atom stereocenters. The van der Waals surface area contributed by atoms with Crippen LogP contribution in [0.1, 0.15) is 72.5 Å². The van der Waals surface area contributed by atoms with Gasteiger partial charge >= 0.3 is 0 Å². The first kappa shape index (κ1) is 35.7. The van der Waals surface area contributed by atoms with Crippen LogP contribution in [0.3, 0.4) is 0 Å². The van der Waals surface area contributed by atoms with Gasteiger partial charge in [-0.25, -0.2) is 4.21 Å². The summed E-state index contributed by atoms with van der Waals surface area (Å²) in [4.78, 5) is 29.5. The third kappa shape index (κ3) is 7.76. The molecule has 51 heavy (non-hydrogen) atoms. The molecular formula is C39H48ClN5O5S. The Kier molecular flexibility index (Phi) is 10.3. The van der Waals surface area contributed by atoms with E-state index in [4.69, 9.17) is 21.1 Å². The highest BCUT2D eigenvalue weighted by Gasteiger charge is 2.44. The van der Waals surface area contributed by atoms with Crippen LogP contribution in [0.5, 0.6) is 5.75 Å². The number of nitrogens with zero attached hydrogens (tertiary/aromatic N) is 4. The van der Waals surface area contributed by atoms with Crippen molar-refractivity contribution in [3.63, 3.8) is 0 Å². The molecule has 4 aliphatic rings. The van der Waals surface area contributed by atoms with Crippen molar-refractivity contribution in [1.29, 1.82) is 0 Å². The van der Waals surface area contributed by atoms with E-state index < -0.39 is 21.7 Å². The van der Waals surface area contributed by atoms with Gasteiger partial charge in [-0.2, -0.15) is 5.10 Å². The lowest BCUT2D eigenvalue weighted by Gasteiger charge is -2.46. The average molecular weight is 734 g/mol. The molecule has 6 atom stereocenters. The van der Waals surface area contributed by atoms with Gasteiger partial charge in [0.15, 0.2) is 0 Å². The highest BCUT2D eigenvalue weighted by Crippen LogP contribution is 2.47. The Balaban J connectivity index is 1.25. The predicted molar refractivity (Wildman–Crippen MR) is 200 cm³/mol. The highest BCUT2D eigenvalue weighted by molar-refractivity contribution is 7.92. The molecule has 12 heteroatoms.